The zero-order chi connectivity index (χ0) is 9.97. The molecular weight excluding hydrogens is 170 g/mol. The monoisotopic (exact) mass is 195 g/mol. The second-order valence-electron chi connectivity index (χ2n) is 5.23. The van der Waals surface area contributed by atoms with Gasteiger partial charge < -0.3 is 0 Å². The molecule has 2 aliphatic rings. The van der Waals surface area contributed by atoms with Crippen LogP contribution < -0.4 is 0 Å². The molecule has 1 aliphatic heterocycles. The van der Waals surface area contributed by atoms with Gasteiger partial charge in [0.15, 0.2) is 0 Å². The number of hydrogen-bond acceptors (Lipinski definition) is 1. The summed E-state index contributed by atoms with van der Waals surface area (Å²) < 4.78 is 0. The molecule has 2 unspecified atom stereocenters. The number of fused-ring (bicyclic) bond motifs is 1. The first kappa shape index (κ1) is 10.5. The van der Waals surface area contributed by atoms with Crippen molar-refractivity contribution in [2.75, 3.05) is 13.1 Å². The van der Waals surface area contributed by atoms with Gasteiger partial charge >= 0.3 is 0 Å². The summed E-state index contributed by atoms with van der Waals surface area (Å²) in [7, 11) is 0. The van der Waals surface area contributed by atoms with Crippen LogP contribution in [0.3, 0.4) is 0 Å². The first-order chi connectivity index (χ1) is 6.85. The lowest BCUT2D eigenvalue weighted by Crippen LogP contribution is -2.32. The summed E-state index contributed by atoms with van der Waals surface area (Å²) in [6.07, 6.45) is 8.71. The molecule has 1 saturated carbocycles. The minimum atomic E-state index is 0.876. The highest BCUT2D eigenvalue weighted by Gasteiger charge is 2.35. The van der Waals surface area contributed by atoms with Crippen molar-refractivity contribution in [2.45, 2.75) is 58.4 Å². The van der Waals surface area contributed by atoms with Crippen LogP contribution in [0.4, 0.5) is 0 Å². The van der Waals surface area contributed by atoms with Crippen LogP contribution in [0.2, 0.25) is 0 Å². The third kappa shape index (κ3) is 1.98. The van der Waals surface area contributed by atoms with Crippen LogP contribution >= 0.6 is 0 Å². The van der Waals surface area contributed by atoms with Gasteiger partial charge in [-0.25, -0.2) is 0 Å². The van der Waals surface area contributed by atoms with E-state index < -0.39 is 0 Å². The Bertz CT molecular complexity index is 160. The molecular formula is C13H25N. The van der Waals surface area contributed by atoms with Gasteiger partial charge in [0.25, 0.3) is 0 Å². The van der Waals surface area contributed by atoms with Crippen molar-refractivity contribution in [3.63, 3.8) is 0 Å². The smallest absolute Gasteiger partial charge is 0.00902 e. The second-order valence-corrected chi connectivity index (χ2v) is 5.23. The molecule has 0 aromatic heterocycles. The SMILES string of the molecule is CCC(CC)N1CC2CCCCC2C1. The fraction of sp³-hybridized carbons (Fsp3) is 1.00. The lowest BCUT2D eigenvalue weighted by atomic mass is 9.82. The van der Waals surface area contributed by atoms with Gasteiger partial charge in [0.05, 0.1) is 0 Å². The molecule has 1 heteroatoms. The summed E-state index contributed by atoms with van der Waals surface area (Å²) in [6.45, 7) is 7.51. The maximum Gasteiger partial charge on any atom is 0.00902 e. The van der Waals surface area contributed by atoms with Gasteiger partial charge in [-0.15, -0.1) is 0 Å². The Morgan fingerprint density at radius 3 is 1.93 bits per heavy atom. The number of rotatable bonds is 3. The molecule has 0 aromatic rings. The van der Waals surface area contributed by atoms with E-state index in [9.17, 15) is 0 Å². The van der Waals surface area contributed by atoms with Gasteiger partial charge in [-0.1, -0.05) is 26.7 Å². The molecule has 1 nitrogen and oxygen atoms in total. The van der Waals surface area contributed by atoms with E-state index in [0.717, 1.165) is 17.9 Å². The zero-order valence-corrected chi connectivity index (χ0v) is 9.84. The molecule has 0 bridgehead atoms. The second kappa shape index (κ2) is 4.65. The molecule has 82 valence electrons. The fourth-order valence-electron chi connectivity index (χ4n) is 3.55. The van der Waals surface area contributed by atoms with Crippen molar-refractivity contribution >= 4 is 0 Å². The van der Waals surface area contributed by atoms with Gasteiger partial charge in [0, 0.05) is 19.1 Å². The standard InChI is InChI=1S/C13H25N/c1-3-13(4-2)14-9-11-7-5-6-8-12(11)10-14/h11-13H,3-10H2,1-2H3. The molecule has 0 N–H and O–H groups in total. The van der Waals surface area contributed by atoms with E-state index in [2.05, 4.69) is 18.7 Å². The van der Waals surface area contributed by atoms with Gasteiger partial charge in [-0.3, -0.25) is 4.90 Å². The Labute approximate surface area is 88.9 Å². The summed E-state index contributed by atoms with van der Waals surface area (Å²) in [5.74, 6) is 2.12. The van der Waals surface area contributed by atoms with Gasteiger partial charge in [0.1, 0.15) is 0 Å². The van der Waals surface area contributed by atoms with E-state index in [1.54, 1.807) is 0 Å². The number of hydrogen-bond donors (Lipinski definition) is 0. The molecule has 0 aromatic carbocycles. The van der Waals surface area contributed by atoms with Crippen molar-refractivity contribution in [1.82, 2.24) is 4.90 Å². The number of nitrogens with zero attached hydrogens (tertiary/aromatic N) is 1. The fourth-order valence-corrected chi connectivity index (χ4v) is 3.55. The summed E-state index contributed by atoms with van der Waals surface area (Å²) in [5.41, 5.74) is 0. The summed E-state index contributed by atoms with van der Waals surface area (Å²) in [5, 5.41) is 0. The molecule has 0 radical (unpaired) electrons. The average Bonchev–Trinajstić information content (AvgIpc) is 2.63. The van der Waals surface area contributed by atoms with Crippen molar-refractivity contribution in [1.29, 1.82) is 0 Å². The van der Waals surface area contributed by atoms with E-state index in [0.29, 0.717) is 0 Å². The van der Waals surface area contributed by atoms with Crippen molar-refractivity contribution < 1.29 is 0 Å². The van der Waals surface area contributed by atoms with Gasteiger partial charge in [-0.05, 0) is 37.5 Å². The van der Waals surface area contributed by atoms with E-state index in [1.807, 2.05) is 0 Å². The van der Waals surface area contributed by atoms with Crippen molar-refractivity contribution in [2.24, 2.45) is 11.8 Å². The van der Waals surface area contributed by atoms with Crippen LogP contribution in [0, 0.1) is 11.8 Å². The predicted octanol–water partition coefficient (Wildman–Crippen LogP) is 3.30. The molecule has 1 heterocycles. The topological polar surface area (TPSA) is 3.24 Å². The molecule has 1 saturated heterocycles. The Kier molecular flexibility index (Phi) is 3.48. The first-order valence-electron chi connectivity index (χ1n) is 6.59. The predicted molar refractivity (Wildman–Crippen MR) is 61.4 cm³/mol. The summed E-state index contributed by atoms with van der Waals surface area (Å²) in [4.78, 5) is 2.78. The molecule has 14 heavy (non-hydrogen) atoms. The Balaban J connectivity index is 1.91. The first-order valence-corrected chi connectivity index (χ1v) is 6.59. The maximum atomic E-state index is 2.78. The Morgan fingerprint density at radius 1 is 1.00 bits per heavy atom. The minimum absolute atomic E-state index is 0.876. The summed E-state index contributed by atoms with van der Waals surface area (Å²) >= 11 is 0. The average molecular weight is 195 g/mol. The zero-order valence-electron chi connectivity index (χ0n) is 9.84. The van der Waals surface area contributed by atoms with Gasteiger partial charge in [-0.2, -0.15) is 0 Å². The van der Waals surface area contributed by atoms with Crippen LogP contribution in [0.25, 0.3) is 0 Å². The molecule has 0 amide bonds. The highest BCUT2D eigenvalue weighted by Crippen LogP contribution is 2.37. The highest BCUT2D eigenvalue weighted by molar-refractivity contribution is 4.89. The van der Waals surface area contributed by atoms with Crippen LogP contribution in [0.15, 0.2) is 0 Å². The normalized spacial score (nSPS) is 33.6. The van der Waals surface area contributed by atoms with Crippen molar-refractivity contribution in [3.8, 4) is 0 Å². The lowest BCUT2D eigenvalue weighted by molar-refractivity contribution is 0.218. The van der Waals surface area contributed by atoms with Crippen LogP contribution in [0.1, 0.15) is 52.4 Å². The summed E-state index contributed by atoms with van der Waals surface area (Å²) in [6, 6.07) is 0.876. The van der Waals surface area contributed by atoms with E-state index in [-0.39, 0.29) is 0 Å². The van der Waals surface area contributed by atoms with Crippen LogP contribution in [0.5, 0.6) is 0 Å². The molecule has 0 spiro atoms. The van der Waals surface area contributed by atoms with Gasteiger partial charge in [0.2, 0.25) is 0 Å². The van der Waals surface area contributed by atoms with E-state index in [4.69, 9.17) is 0 Å². The largest absolute Gasteiger partial charge is 0.300 e. The van der Waals surface area contributed by atoms with Crippen molar-refractivity contribution in [3.05, 3.63) is 0 Å². The Hall–Kier alpha value is -0.0400. The van der Waals surface area contributed by atoms with Crippen LogP contribution in [-0.4, -0.2) is 24.0 Å². The van der Waals surface area contributed by atoms with E-state index >= 15 is 0 Å². The third-order valence-electron chi connectivity index (χ3n) is 4.46. The van der Waals surface area contributed by atoms with E-state index in [1.165, 1.54) is 51.6 Å². The molecule has 2 atom stereocenters. The quantitative estimate of drug-likeness (QED) is 0.668. The molecule has 2 rings (SSSR count). The third-order valence-corrected chi connectivity index (χ3v) is 4.46. The lowest BCUT2D eigenvalue weighted by Gasteiger charge is -2.25. The minimum Gasteiger partial charge on any atom is -0.300 e. The number of likely N-dealkylation sites (tertiary alicyclic amines) is 1. The molecule has 2 fully saturated rings. The maximum absolute atomic E-state index is 2.78. The molecule has 1 aliphatic carbocycles. The van der Waals surface area contributed by atoms with Crippen LogP contribution in [-0.2, 0) is 0 Å². The highest BCUT2D eigenvalue weighted by atomic mass is 15.2. The Morgan fingerprint density at radius 2 is 1.50 bits per heavy atom.